The number of nitrogens with zero attached hydrogens (tertiary/aromatic N) is 5. The van der Waals surface area contributed by atoms with Crippen LogP contribution < -0.4 is 14.8 Å². The predicted octanol–water partition coefficient (Wildman–Crippen LogP) is 2.97. The molecule has 0 aliphatic carbocycles. The number of amides is 1. The minimum atomic E-state index is -3.01. The maximum atomic E-state index is 12.5. The number of aryl methyl sites for hydroxylation is 1. The van der Waals surface area contributed by atoms with E-state index in [0.29, 0.717) is 5.69 Å². The van der Waals surface area contributed by atoms with Crippen molar-refractivity contribution in [3.8, 4) is 11.5 Å². The number of hydrogen-bond acceptors (Lipinski definition) is 7. The number of nitrogens with one attached hydrogen (secondary N) is 1. The van der Waals surface area contributed by atoms with Gasteiger partial charge in [0.1, 0.15) is 18.1 Å². The SMILES string of the molecule is COc1cc(NC(=O)c2ccn(Cn3nc(C)c([N+](=O)[O-])c3C)n2)ccc1OC(F)F. The molecular weight excluding hydrogens is 418 g/mol. The van der Waals surface area contributed by atoms with Gasteiger partial charge >= 0.3 is 12.3 Å². The summed E-state index contributed by atoms with van der Waals surface area (Å²) in [6, 6.07) is 5.42. The van der Waals surface area contributed by atoms with Gasteiger partial charge in [0.25, 0.3) is 5.91 Å². The summed E-state index contributed by atoms with van der Waals surface area (Å²) in [4.78, 5) is 23.1. The molecule has 0 fully saturated rings. The molecule has 2 aromatic heterocycles. The lowest BCUT2D eigenvalue weighted by atomic mass is 10.2. The van der Waals surface area contributed by atoms with Crippen LogP contribution in [0.4, 0.5) is 20.2 Å². The second-order valence-electron chi connectivity index (χ2n) is 6.36. The Balaban J connectivity index is 1.72. The number of rotatable bonds is 8. The molecule has 3 rings (SSSR count). The Morgan fingerprint density at radius 1 is 1.26 bits per heavy atom. The fourth-order valence-electron chi connectivity index (χ4n) is 2.92. The highest BCUT2D eigenvalue weighted by molar-refractivity contribution is 6.02. The van der Waals surface area contributed by atoms with Crippen molar-refractivity contribution in [2.45, 2.75) is 27.1 Å². The van der Waals surface area contributed by atoms with Gasteiger partial charge in [-0.05, 0) is 32.0 Å². The lowest BCUT2D eigenvalue weighted by molar-refractivity contribution is -0.386. The molecule has 2 heterocycles. The zero-order valence-electron chi connectivity index (χ0n) is 16.7. The maximum Gasteiger partial charge on any atom is 0.387 e. The summed E-state index contributed by atoms with van der Waals surface area (Å²) in [5, 5.41) is 22.0. The fraction of sp³-hybridized carbons (Fsp3) is 0.278. The van der Waals surface area contributed by atoms with E-state index in [1.54, 1.807) is 6.92 Å². The zero-order valence-corrected chi connectivity index (χ0v) is 16.7. The van der Waals surface area contributed by atoms with Crippen molar-refractivity contribution in [1.82, 2.24) is 19.6 Å². The molecule has 0 atom stereocenters. The van der Waals surface area contributed by atoms with Crippen LogP contribution in [0.5, 0.6) is 11.5 Å². The van der Waals surface area contributed by atoms with E-state index >= 15 is 0 Å². The number of carbonyl (C=O) groups excluding carboxylic acids is 1. The summed E-state index contributed by atoms with van der Waals surface area (Å²) in [6.07, 6.45) is 1.53. The van der Waals surface area contributed by atoms with Gasteiger partial charge in [-0.1, -0.05) is 0 Å². The number of benzene rings is 1. The first-order valence-corrected chi connectivity index (χ1v) is 8.85. The molecule has 3 aromatic rings. The largest absolute Gasteiger partial charge is 0.493 e. The average molecular weight is 436 g/mol. The van der Waals surface area contributed by atoms with Gasteiger partial charge in [0.2, 0.25) is 0 Å². The normalized spacial score (nSPS) is 10.9. The molecule has 1 aromatic carbocycles. The van der Waals surface area contributed by atoms with Crippen molar-refractivity contribution in [2.75, 3.05) is 12.4 Å². The third-order valence-electron chi connectivity index (χ3n) is 4.32. The molecule has 0 radical (unpaired) electrons. The Labute approximate surface area is 174 Å². The predicted molar refractivity (Wildman–Crippen MR) is 104 cm³/mol. The molecule has 11 nitrogen and oxygen atoms in total. The van der Waals surface area contributed by atoms with Crippen LogP contribution in [0.15, 0.2) is 30.5 Å². The molecule has 0 bridgehead atoms. The molecule has 0 saturated heterocycles. The van der Waals surface area contributed by atoms with E-state index < -0.39 is 17.4 Å². The van der Waals surface area contributed by atoms with Crippen LogP contribution in [0.25, 0.3) is 0 Å². The molecule has 1 amide bonds. The van der Waals surface area contributed by atoms with Crippen LogP contribution in [-0.2, 0) is 6.67 Å². The molecule has 0 aliphatic rings. The Bertz CT molecular complexity index is 1130. The molecule has 164 valence electrons. The Morgan fingerprint density at radius 2 is 2.00 bits per heavy atom. The molecule has 31 heavy (non-hydrogen) atoms. The van der Waals surface area contributed by atoms with Gasteiger partial charge in [-0.3, -0.25) is 19.6 Å². The number of aromatic nitrogens is 4. The summed E-state index contributed by atoms with van der Waals surface area (Å²) in [5.74, 6) is -0.698. The number of hydrogen-bond donors (Lipinski definition) is 1. The summed E-state index contributed by atoms with van der Waals surface area (Å²) in [6.45, 7) is 0.169. The van der Waals surface area contributed by atoms with E-state index in [0.717, 1.165) is 0 Å². The summed E-state index contributed by atoms with van der Waals surface area (Å²) < 4.78 is 37.0. The third kappa shape index (κ3) is 4.76. The molecule has 0 unspecified atom stereocenters. The number of ether oxygens (including phenoxy) is 2. The molecule has 13 heteroatoms. The van der Waals surface area contributed by atoms with Crippen LogP contribution in [0.2, 0.25) is 0 Å². The third-order valence-corrected chi connectivity index (χ3v) is 4.32. The number of halogens is 2. The van der Waals surface area contributed by atoms with Gasteiger partial charge in [0.05, 0.1) is 12.0 Å². The number of anilines is 1. The van der Waals surface area contributed by atoms with Crippen molar-refractivity contribution in [1.29, 1.82) is 0 Å². The highest BCUT2D eigenvalue weighted by Crippen LogP contribution is 2.31. The van der Waals surface area contributed by atoms with Crippen LogP contribution in [0.3, 0.4) is 0 Å². The van der Waals surface area contributed by atoms with Crippen molar-refractivity contribution in [2.24, 2.45) is 0 Å². The summed E-state index contributed by atoms with van der Waals surface area (Å²) >= 11 is 0. The van der Waals surface area contributed by atoms with Crippen molar-refractivity contribution < 1.29 is 28.0 Å². The average Bonchev–Trinajstić information content (AvgIpc) is 3.27. The van der Waals surface area contributed by atoms with E-state index in [1.807, 2.05) is 0 Å². The molecule has 0 aliphatic heterocycles. The standard InChI is InChI=1S/C18H18F2N6O5/c1-10-16(26(28)29)11(2)25(22-10)9-24-7-6-13(23-24)17(27)21-12-4-5-14(31-18(19)20)15(8-12)30-3/h4-8,18H,9H2,1-3H3,(H,21,27). The second-order valence-corrected chi connectivity index (χ2v) is 6.36. The number of nitro groups is 1. The summed E-state index contributed by atoms with van der Waals surface area (Å²) in [5.41, 5.74) is 0.927. The van der Waals surface area contributed by atoms with Gasteiger partial charge in [0, 0.05) is 18.0 Å². The van der Waals surface area contributed by atoms with Crippen LogP contribution in [-0.4, -0.2) is 44.1 Å². The van der Waals surface area contributed by atoms with E-state index in [9.17, 15) is 23.7 Å². The van der Waals surface area contributed by atoms with E-state index in [2.05, 4.69) is 20.3 Å². The highest BCUT2D eigenvalue weighted by atomic mass is 19.3. The lowest BCUT2D eigenvalue weighted by Gasteiger charge is -2.11. The Morgan fingerprint density at radius 3 is 2.61 bits per heavy atom. The Hall–Kier alpha value is -4.03. The van der Waals surface area contributed by atoms with Gasteiger partial charge in [-0.25, -0.2) is 4.68 Å². The molecule has 0 spiro atoms. The van der Waals surface area contributed by atoms with E-state index in [-0.39, 0.29) is 40.9 Å². The smallest absolute Gasteiger partial charge is 0.387 e. The van der Waals surface area contributed by atoms with Crippen molar-refractivity contribution in [3.63, 3.8) is 0 Å². The van der Waals surface area contributed by atoms with Gasteiger partial charge in [-0.15, -0.1) is 0 Å². The first-order chi connectivity index (χ1) is 14.7. The minimum Gasteiger partial charge on any atom is -0.493 e. The van der Waals surface area contributed by atoms with E-state index in [4.69, 9.17) is 4.74 Å². The first-order valence-electron chi connectivity index (χ1n) is 8.85. The van der Waals surface area contributed by atoms with Gasteiger partial charge in [-0.2, -0.15) is 19.0 Å². The Kier molecular flexibility index (Phi) is 6.13. The van der Waals surface area contributed by atoms with E-state index in [1.165, 1.54) is 53.9 Å². The van der Waals surface area contributed by atoms with Crippen molar-refractivity contribution >= 4 is 17.3 Å². The van der Waals surface area contributed by atoms with Crippen molar-refractivity contribution in [3.05, 3.63) is 57.7 Å². The molecule has 1 N–H and O–H groups in total. The monoisotopic (exact) mass is 436 g/mol. The highest BCUT2D eigenvalue weighted by Gasteiger charge is 2.22. The quantitative estimate of drug-likeness (QED) is 0.425. The number of methoxy groups -OCH3 is 1. The molecular formula is C18H18F2N6O5. The zero-order chi connectivity index (χ0) is 22.7. The second kappa shape index (κ2) is 8.77. The topological polar surface area (TPSA) is 126 Å². The number of alkyl halides is 2. The fourth-order valence-corrected chi connectivity index (χ4v) is 2.92. The van der Waals surface area contributed by atoms with Crippen LogP contribution >= 0.6 is 0 Å². The number of carbonyl (C=O) groups is 1. The maximum absolute atomic E-state index is 12.5. The van der Waals surface area contributed by atoms with Gasteiger partial charge < -0.3 is 14.8 Å². The summed E-state index contributed by atoms with van der Waals surface area (Å²) in [7, 11) is 1.28. The lowest BCUT2D eigenvalue weighted by Crippen LogP contribution is -2.16. The van der Waals surface area contributed by atoms with Gasteiger partial charge in [0.15, 0.2) is 17.2 Å². The van der Waals surface area contributed by atoms with Crippen LogP contribution in [0, 0.1) is 24.0 Å². The molecule has 0 saturated carbocycles. The van der Waals surface area contributed by atoms with Crippen LogP contribution in [0.1, 0.15) is 21.9 Å². The first kappa shape index (κ1) is 21.7. The minimum absolute atomic E-state index is 0.0229.